The third-order valence-electron chi connectivity index (χ3n) is 5.29. The Hall–Kier alpha value is -3.09. The van der Waals surface area contributed by atoms with Crippen molar-refractivity contribution in [1.82, 2.24) is 9.62 Å². The Bertz CT molecular complexity index is 1050. The lowest BCUT2D eigenvalue weighted by Crippen LogP contribution is -2.37. The van der Waals surface area contributed by atoms with Gasteiger partial charge in [0.1, 0.15) is 5.75 Å². The molecule has 9 heteroatoms. The molecule has 1 amide bonds. The van der Waals surface area contributed by atoms with Crippen LogP contribution in [-0.4, -0.2) is 58.6 Å². The number of rotatable bonds is 8. The predicted molar refractivity (Wildman–Crippen MR) is 122 cm³/mol. The number of nitrogens with zero attached hydrogens (tertiary/aromatic N) is 3. The van der Waals surface area contributed by atoms with Gasteiger partial charge >= 0.3 is 0 Å². The summed E-state index contributed by atoms with van der Waals surface area (Å²) in [6.45, 7) is 5.13. The minimum absolute atomic E-state index is 0.0458. The Morgan fingerprint density at radius 3 is 2.44 bits per heavy atom. The van der Waals surface area contributed by atoms with E-state index in [0.29, 0.717) is 37.6 Å². The van der Waals surface area contributed by atoms with Gasteiger partial charge in [0.2, 0.25) is 15.9 Å². The fourth-order valence-corrected chi connectivity index (χ4v) is 4.62. The van der Waals surface area contributed by atoms with Gasteiger partial charge in [0.25, 0.3) is 0 Å². The average molecular weight is 457 g/mol. The first-order valence-corrected chi connectivity index (χ1v) is 12.2. The number of hydrogen-bond donors (Lipinski definition) is 1. The molecule has 1 N–H and O–H groups in total. The van der Waals surface area contributed by atoms with Crippen LogP contribution in [0.3, 0.4) is 0 Å². The number of carbonyl (C=O) groups excluding carboxylic acids is 1. The maximum Gasteiger partial charge on any atom is 0.240 e. The van der Waals surface area contributed by atoms with Crippen molar-refractivity contribution in [2.75, 3.05) is 44.2 Å². The molecule has 0 aliphatic carbocycles. The molecule has 1 fully saturated rings. The maximum absolute atomic E-state index is 12.6. The topological polar surface area (TPSA) is 103 Å². The monoisotopic (exact) mass is 456 g/mol. The lowest BCUT2D eigenvalue weighted by molar-refractivity contribution is -0.130. The molecule has 2 aromatic rings. The summed E-state index contributed by atoms with van der Waals surface area (Å²) in [6.07, 6.45) is 0.927. The van der Waals surface area contributed by atoms with Gasteiger partial charge in [-0.2, -0.15) is 5.26 Å². The molecule has 1 aliphatic rings. The fourth-order valence-electron chi connectivity index (χ4n) is 3.59. The summed E-state index contributed by atoms with van der Waals surface area (Å²) in [5.74, 6) is 0.541. The van der Waals surface area contributed by atoms with Crippen molar-refractivity contribution in [3.63, 3.8) is 0 Å². The summed E-state index contributed by atoms with van der Waals surface area (Å²) in [5, 5.41) is 8.94. The summed E-state index contributed by atoms with van der Waals surface area (Å²) in [5.41, 5.74) is 1.65. The Kier molecular flexibility index (Phi) is 8.09. The summed E-state index contributed by atoms with van der Waals surface area (Å²) in [6, 6.07) is 15.7. The molecule has 0 radical (unpaired) electrons. The molecular weight excluding hydrogens is 428 g/mol. The van der Waals surface area contributed by atoms with E-state index in [0.717, 1.165) is 18.7 Å². The summed E-state index contributed by atoms with van der Waals surface area (Å²) in [4.78, 5) is 16.8. The second-order valence-corrected chi connectivity index (χ2v) is 9.20. The molecule has 0 bridgehead atoms. The molecule has 32 heavy (non-hydrogen) atoms. The number of ether oxygens (including phenoxy) is 1. The van der Waals surface area contributed by atoms with Crippen molar-refractivity contribution in [2.45, 2.75) is 24.7 Å². The zero-order chi connectivity index (χ0) is 23.0. The van der Waals surface area contributed by atoms with Gasteiger partial charge in [0.05, 0.1) is 23.1 Å². The lowest BCUT2D eigenvalue weighted by atomic mass is 10.2. The number of anilines is 1. The SMILES string of the molecule is CCOc1ccc(S(=O)(=O)NCCC(=O)N2CCCN(c3ccc(C#N)cc3)CC2)cc1. The highest BCUT2D eigenvalue weighted by Gasteiger charge is 2.20. The molecule has 1 aliphatic heterocycles. The molecule has 0 spiro atoms. The molecule has 3 rings (SSSR count). The third-order valence-corrected chi connectivity index (χ3v) is 6.76. The molecular formula is C23H28N4O4S. The number of sulfonamides is 1. The molecule has 8 nitrogen and oxygen atoms in total. The second kappa shape index (κ2) is 11.0. The van der Waals surface area contributed by atoms with Crippen LogP contribution in [0.2, 0.25) is 0 Å². The first-order chi connectivity index (χ1) is 15.4. The number of benzene rings is 2. The minimum Gasteiger partial charge on any atom is -0.494 e. The van der Waals surface area contributed by atoms with Gasteiger partial charge in [-0.1, -0.05) is 0 Å². The summed E-state index contributed by atoms with van der Waals surface area (Å²) in [7, 11) is -3.68. The van der Waals surface area contributed by atoms with Gasteiger partial charge in [-0.05, 0) is 61.9 Å². The summed E-state index contributed by atoms with van der Waals surface area (Å²) < 4.78 is 32.7. The average Bonchev–Trinajstić information content (AvgIpc) is 3.06. The van der Waals surface area contributed by atoms with Crippen LogP contribution in [0, 0.1) is 11.3 Å². The van der Waals surface area contributed by atoms with E-state index in [4.69, 9.17) is 10.00 Å². The third kappa shape index (κ3) is 6.22. The molecule has 1 saturated heterocycles. The van der Waals surface area contributed by atoms with Crippen molar-refractivity contribution >= 4 is 21.6 Å². The lowest BCUT2D eigenvalue weighted by Gasteiger charge is -2.24. The van der Waals surface area contributed by atoms with Crippen LogP contribution >= 0.6 is 0 Å². The van der Waals surface area contributed by atoms with Crippen molar-refractivity contribution in [2.24, 2.45) is 0 Å². The molecule has 0 unspecified atom stereocenters. The van der Waals surface area contributed by atoms with E-state index in [1.165, 1.54) is 12.1 Å². The van der Waals surface area contributed by atoms with Gasteiger partial charge < -0.3 is 14.5 Å². The Labute approximate surface area is 189 Å². The van der Waals surface area contributed by atoms with Gasteiger partial charge in [0.15, 0.2) is 0 Å². The van der Waals surface area contributed by atoms with E-state index in [1.54, 1.807) is 29.2 Å². The Balaban J connectivity index is 1.48. The largest absolute Gasteiger partial charge is 0.494 e. The van der Waals surface area contributed by atoms with Crippen LogP contribution in [0.5, 0.6) is 5.75 Å². The van der Waals surface area contributed by atoms with Gasteiger partial charge in [0, 0.05) is 44.8 Å². The van der Waals surface area contributed by atoms with Crippen LogP contribution in [-0.2, 0) is 14.8 Å². The van der Waals surface area contributed by atoms with Crippen LogP contribution in [0.1, 0.15) is 25.3 Å². The molecule has 1 heterocycles. The highest BCUT2D eigenvalue weighted by Crippen LogP contribution is 2.18. The second-order valence-electron chi connectivity index (χ2n) is 7.43. The Morgan fingerprint density at radius 2 is 1.78 bits per heavy atom. The molecule has 2 aromatic carbocycles. The number of nitrogens with one attached hydrogen (secondary N) is 1. The van der Waals surface area contributed by atoms with Crippen molar-refractivity contribution in [3.05, 3.63) is 54.1 Å². The molecule has 0 aromatic heterocycles. The Morgan fingerprint density at radius 1 is 1.06 bits per heavy atom. The zero-order valence-corrected chi connectivity index (χ0v) is 19.0. The van der Waals surface area contributed by atoms with Crippen LogP contribution in [0.25, 0.3) is 0 Å². The molecule has 0 saturated carbocycles. The van der Waals surface area contributed by atoms with E-state index < -0.39 is 10.0 Å². The summed E-state index contributed by atoms with van der Waals surface area (Å²) >= 11 is 0. The number of carbonyl (C=O) groups is 1. The highest BCUT2D eigenvalue weighted by molar-refractivity contribution is 7.89. The van der Waals surface area contributed by atoms with E-state index in [1.807, 2.05) is 19.1 Å². The smallest absolute Gasteiger partial charge is 0.240 e. The van der Waals surface area contributed by atoms with Gasteiger partial charge in [-0.3, -0.25) is 4.79 Å². The predicted octanol–water partition coefficient (Wildman–Crippen LogP) is 2.36. The highest BCUT2D eigenvalue weighted by atomic mass is 32.2. The van der Waals surface area contributed by atoms with Gasteiger partial charge in [-0.25, -0.2) is 13.1 Å². The van der Waals surface area contributed by atoms with Crippen molar-refractivity contribution < 1.29 is 17.9 Å². The van der Waals surface area contributed by atoms with E-state index >= 15 is 0 Å². The van der Waals surface area contributed by atoms with E-state index in [-0.39, 0.29) is 23.8 Å². The molecule has 0 atom stereocenters. The van der Waals surface area contributed by atoms with E-state index in [2.05, 4.69) is 15.7 Å². The number of amides is 1. The normalized spacial score (nSPS) is 14.5. The van der Waals surface area contributed by atoms with Gasteiger partial charge in [-0.15, -0.1) is 0 Å². The first kappa shape index (κ1) is 23.6. The van der Waals surface area contributed by atoms with Crippen LogP contribution < -0.4 is 14.4 Å². The maximum atomic E-state index is 12.6. The minimum atomic E-state index is -3.68. The van der Waals surface area contributed by atoms with Crippen LogP contribution in [0.15, 0.2) is 53.4 Å². The number of nitriles is 1. The molecule has 170 valence electrons. The number of hydrogen-bond acceptors (Lipinski definition) is 6. The quantitative estimate of drug-likeness (QED) is 0.654. The zero-order valence-electron chi connectivity index (χ0n) is 18.2. The standard InChI is InChI=1S/C23H28N4O4S/c1-2-31-21-8-10-22(11-9-21)32(29,30)25-13-12-23(28)27-15-3-14-26(16-17-27)20-6-4-19(18-24)5-7-20/h4-11,25H,2-3,12-17H2,1H3. The fraction of sp³-hybridized carbons (Fsp3) is 0.391. The first-order valence-electron chi connectivity index (χ1n) is 10.7. The van der Waals surface area contributed by atoms with Crippen molar-refractivity contribution in [1.29, 1.82) is 5.26 Å². The van der Waals surface area contributed by atoms with Crippen molar-refractivity contribution in [3.8, 4) is 11.8 Å². The van der Waals surface area contributed by atoms with Crippen LogP contribution in [0.4, 0.5) is 5.69 Å². The van der Waals surface area contributed by atoms with E-state index in [9.17, 15) is 13.2 Å².